The summed E-state index contributed by atoms with van der Waals surface area (Å²) in [5.74, 6) is 1.84. The molecular formula is C20H17NO. The van der Waals surface area contributed by atoms with Crippen molar-refractivity contribution in [2.24, 2.45) is 5.92 Å². The number of rotatable bonds is 1. The minimum atomic E-state index is 0.454. The van der Waals surface area contributed by atoms with Crippen molar-refractivity contribution in [3.63, 3.8) is 0 Å². The molecular weight excluding hydrogens is 270 g/mol. The Hall–Kier alpha value is -2.35. The first-order valence-corrected chi connectivity index (χ1v) is 8.04. The van der Waals surface area contributed by atoms with Gasteiger partial charge < -0.3 is 4.42 Å². The predicted molar refractivity (Wildman–Crippen MR) is 87.5 cm³/mol. The van der Waals surface area contributed by atoms with Gasteiger partial charge in [0.2, 0.25) is 0 Å². The maximum absolute atomic E-state index is 5.63. The number of aromatic nitrogens is 1. The highest BCUT2D eigenvalue weighted by Crippen LogP contribution is 2.44. The van der Waals surface area contributed by atoms with E-state index in [-0.39, 0.29) is 0 Å². The topological polar surface area (TPSA) is 26.0 Å². The Morgan fingerprint density at radius 1 is 1.05 bits per heavy atom. The van der Waals surface area contributed by atoms with Crippen LogP contribution in [-0.4, -0.2) is 4.98 Å². The molecule has 0 unspecified atom stereocenters. The molecule has 0 bridgehead atoms. The normalized spacial score (nSPS) is 24.2. The van der Waals surface area contributed by atoms with Gasteiger partial charge in [-0.15, -0.1) is 0 Å². The fourth-order valence-corrected chi connectivity index (χ4v) is 4.12. The van der Waals surface area contributed by atoms with E-state index in [0.717, 1.165) is 23.6 Å². The number of allylic oxidation sites excluding steroid dienone is 5. The first-order chi connectivity index (χ1) is 10.9. The van der Waals surface area contributed by atoms with E-state index in [4.69, 9.17) is 9.40 Å². The summed E-state index contributed by atoms with van der Waals surface area (Å²) in [6.45, 7) is 0. The summed E-state index contributed by atoms with van der Waals surface area (Å²) in [6, 6.07) is 3.96. The second-order valence-corrected chi connectivity index (χ2v) is 6.28. The first-order valence-electron chi connectivity index (χ1n) is 8.04. The SMILES string of the molecule is C1=C[C@H]2C=Cc3nc(-c4ccco4)c4c(c3[C@@H]2C=C1)CCC4. The van der Waals surface area contributed by atoms with E-state index in [9.17, 15) is 0 Å². The number of pyridine rings is 1. The van der Waals surface area contributed by atoms with E-state index in [1.165, 1.54) is 29.5 Å². The average molecular weight is 287 g/mol. The molecule has 0 amide bonds. The molecule has 2 atom stereocenters. The van der Waals surface area contributed by atoms with Crippen LogP contribution in [0.4, 0.5) is 0 Å². The highest BCUT2D eigenvalue weighted by atomic mass is 16.3. The number of nitrogens with zero attached hydrogens (tertiary/aromatic N) is 1. The van der Waals surface area contributed by atoms with Gasteiger partial charge in [0.1, 0.15) is 5.69 Å². The van der Waals surface area contributed by atoms with Crippen LogP contribution in [0.2, 0.25) is 0 Å². The summed E-state index contributed by atoms with van der Waals surface area (Å²) < 4.78 is 5.63. The first kappa shape index (κ1) is 12.2. The lowest BCUT2D eigenvalue weighted by Gasteiger charge is -2.29. The zero-order valence-corrected chi connectivity index (χ0v) is 12.3. The highest BCUT2D eigenvalue weighted by molar-refractivity contribution is 5.69. The number of furan rings is 1. The van der Waals surface area contributed by atoms with Gasteiger partial charge in [-0.05, 0) is 54.2 Å². The third kappa shape index (κ3) is 1.64. The van der Waals surface area contributed by atoms with Gasteiger partial charge >= 0.3 is 0 Å². The molecule has 0 radical (unpaired) electrons. The van der Waals surface area contributed by atoms with Gasteiger partial charge in [-0.3, -0.25) is 0 Å². The van der Waals surface area contributed by atoms with Crippen LogP contribution in [0.5, 0.6) is 0 Å². The molecule has 0 N–H and O–H groups in total. The number of fused-ring (bicyclic) bond motifs is 5. The Kier molecular flexibility index (Phi) is 2.54. The molecule has 0 aliphatic heterocycles. The highest BCUT2D eigenvalue weighted by Gasteiger charge is 2.32. The van der Waals surface area contributed by atoms with Crippen molar-refractivity contribution in [3.05, 3.63) is 71.2 Å². The molecule has 0 fully saturated rings. The third-order valence-corrected chi connectivity index (χ3v) is 5.08. The van der Waals surface area contributed by atoms with Crippen molar-refractivity contribution in [1.29, 1.82) is 0 Å². The minimum absolute atomic E-state index is 0.454. The zero-order chi connectivity index (χ0) is 14.5. The lowest BCUT2D eigenvalue weighted by atomic mass is 9.76. The fraction of sp³-hybridized carbons (Fsp3) is 0.250. The van der Waals surface area contributed by atoms with Crippen LogP contribution >= 0.6 is 0 Å². The van der Waals surface area contributed by atoms with Crippen molar-refractivity contribution in [3.8, 4) is 11.5 Å². The van der Waals surface area contributed by atoms with Crippen LogP contribution < -0.4 is 0 Å². The van der Waals surface area contributed by atoms with Gasteiger partial charge in [0.25, 0.3) is 0 Å². The van der Waals surface area contributed by atoms with Crippen LogP contribution in [0.1, 0.15) is 34.7 Å². The number of hydrogen-bond donors (Lipinski definition) is 0. The molecule has 0 saturated heterocycles. The summed E-state index contributed by atoms with van der Waals surface area (Å²) in [6.07, 6.45) is 18.7. The van der Waals surface area contributed by atoms with Crippen LogP contribution in [0.15, 0.2) is 53.2 Å². The molecule has 5 rings (SSSR count). The van der Waals surface area contributed by atoms with E-state index < -0.39 is 0 Å². The standard InChI is InChI=1S/C20H17NO/c1-2-6-14-13(5-1)10-11-17-19(14)15-7-3-8-16(15)20(21-17)18-9-4-12-22-18/h1-2,4-6,9-14H,3,7-8H2/t13-,14+/m0/s1. The van der Waals surface area contributed by atoms with Crippen molar-refractivity contribution in [2.75, 3.05) is 0 Å². The maximum Gasteiger partial charge on any atom is 0.152 e. The van der Waals surface area contributed by atoms with Gasteiger partial charge in [-0.1, -0.05) is 30.4 Å². The Balaban J connectivity index is 1.77. The lowest BCUT2D eigenvalue weighted by Crippen LogP contribution is -2.17. The minimum Gasteiger partial charge on any atom is -0.463 e. The summed E-state index contributed by atoms with van der Waals surface area (Å²) in [4.78, 5) is 4.98. The van der Waals surface area contributed by atoms with Crippen LogP contribution in [-0.2, 0) is 12.8 Å². The van der Waals surface area contributed by atoms with E-state index in [2.05, 4.69) is 36.5 Å². The molecule has 22 heavy (non-hydrogen) atoms. The molecule has 108 valence electrons. The van der Waals surface area contributed by atoms with Gasteiger partial charge in [-0.25, -0.2) is 4.98 Å². The Labute approximate surface area is 129 Å². The summed E-state index contributed by atoms with van der Waals surface area (Å²) >= 11 is 0. The fourth-order valence-electron chi connectivity index (χ4n) is 4.12. The number of hydrogen-bond acceptors (Lipinski definition) is 2. The third-order valence-electron chi connectivity index (χ3n) is 5.08. The smallest absolute Gasteiger partial charge is 0.152 e. The van der Waals surface area contributed by atoms with E-state index in [1.54, 1.807) is 6.26 Å². The molecule has 0 spiro atoms. The monoisotopic (exact) mass is 287 g/mol. The van der Waals surface area contributed by atoms with Crippen molar-refractivity contribution in [1.82, 2.24) is 4.98 Å². The van der Waals surface area contributed by atoms with Crippen molar-refractivity contribution < 1.29 is 4.42 Å². The van der Waals surface area contributed by atoms with E-state index >= 15 is 0 Å². The molecule has 2 heterocycles. The van der Waals surface area contributed by atoms with Gasteiger partial charge in [0.05, 0.1) is 12.0 Å². The molecule has 3 aliphatic carbocycles. The molecule has 3 aliphatic rings. The second kappa shape index (κ2) is 4.57. The Bertz CT molecular complexity index is 824. The van der Waals surface area contributed by atoms with Crippen LogP contribution in [0.25, 0.3) is 17.5 Å². The van der Waals surface area contributed by atoms with E-state index in [1.807, 2.05) is 12.1 Å². The van der Waals surface area contributed by atoms with Crippen LogP contribution in [0, 0.1) is 5.92 Å². The lowest BCUT2D eigenvalue weighted by molar-refractivity contribution is 0.578. The van der Waals surface area contributed by atoms with Gasteiger partial charge in [0, 0.05) is 11.8 Å². The molecule has 2 aromatic heterocycles. The zero-order valence-electron chi connectivity index (χ0n) is 12.3. The molecule has 2 nitrogen and oxygen atoms in total. The van der Waals surface area contributed by atoms with Gasteiger partial charge in [0.15, 0.2) is 5.76 Å². The molecule has 2 aromatic rings. The largest absolute Gasteiger partial charge is 0.463 e. The molecule has 0 aromatic carbocycles. The van der Waals surface area contributed by atoms with Crippen molar-refractivity contribution >= 4 is 6.08 Å². The van der Waals surface area contributed by atoms with Crippen molar-refractivity contribution in [2.45, 2.75) is 25.2 Å². The quantitative estimate of drug-likeness (QED) is 0.761. The second-order valence-electron chi connectivity index (χ2n) is 6.28. The summed E-state index contributed by atoms with van der Waals surface area (Å²) in [5, 5.41) is 0. The molecule has 0 saturated carbocycles. The predicted octanol–water partition coefficient (Wildman–Crippen LogP) is 4.68. The molecule has 2 heteroatoms. The summed E-state index contributed by atoms with van der Waals surface area (Å²) in [5.41, 5.74) is 6.57. The maximum atomic E-state index is 5.63. The Morgan fingerprint density at radius 2 is 1.95 bits per heavy atom. The Morgan fingerprint density at radius 3 is 2.86 bits per heavy atom. The van der Waals surface area contributed by atoms with Crippen LogP contribution in [0.3, 0.4) is 0 Å². The van der Waals surface area contributed by atoms with Gasteiger partial charge in [-0.2, -0.15) is 0 Å². The summed E-state index contributed by atoms with van der Waals surface area (Å²) in [7, 11) is 0. The average Bonchev–Trinajstić information content (AvgIpc) is 3.25. The van der Waals surface area contributed by atoms with E-state index in [0.29, 0.717) is 11.8 Å².